The number of fused-ring (bicyclic) bond motifs is 1. The van der Waals surface area contributed by atoms with E-state index in [1.54, 1.807) is 12.1 Å². The number of piperidine rings is 1. The SMILES string of the molecule is O=[N+]([O-])c1ccccc1CN1CCc2nc(N3CCCCC3)nc(Oc3ccccc3)c2C1. The molecule has 0 bridgehead atoms. The fourth-order valence-corrected chi connectivity index (χ4v) is 4.55. The molecule has 0 aliphatic carbocycles. The third-order valence-electron chi connectivity index (χ3n) is 6.27. The number of rotatable bonds is 6. The van der Waals surface area contributed by atoms with Gasteiger partial charge in [-0.2, -0.15) is 4.98 Å². The van der Waals surface area contributed by atoms with Gasteiger partial charge in [-0.1, -0.05) is 36.4 Å². The molecular weight excluding hydrogens is 418 g/mol. The van der Waals surface area contributed by atoms with Crippen molar-refractivity contribution in [1.82, 2.24) is 14.9 Å². The number of hydrogen-bond acceptors (Lipinski definition) is 7. The summed E-state index contributed by atoms with van der Waals surface area (Å²) in [7, 11) is 0. The van der Waals surface area contributed by atoms with E-state index in [1.165, 1.54) is 6.42 Å². The highest BCUT2D eigenvalue weighted by Crippen LogP contribution is 2.33. The third kappa shape index (κ3) is 4.80. The Morgan fingerprint density at radius 2 is 1.70 bits per heavy atom. The van der Waals surface area contributed by atoms with Crippen LogP contribution < -0.4 is 9.64 Å². The van der Waals surface area contributed by atoms with Crippen LogP contribution in [0.5, 0.6) is 11.6 Å². The van der Waals surface area contributed by atoms with E-state index in [4.69, 9.17) is 14.7 Å². The summed E-state index contributed by atoms with van der Waals surface area (Å²) in [5.74, 6) is 2.06. The zero-order valence-corrected chi connectivity index (χ0v) is 18.5. The van der Waals surface area contributed by atoms with E-state index in [0.717, 1.165) is 61.9 Å². The minimum Gasteiger partial charge on any atom is -0.439 e. The van der Waals surface area contributed by atoms with Gasteiger partial charge in [-0.05, 0) is 31.4 Å². The van der Waals surface area contributed by atoms with Crippen LogP contribution in [0.3, 0.4) is 0 Å². The molecule has 0 unspecified atom stereocenters. The minimum atomic E-state index is -0.314. The molecule has 5 rings (SSSR count). The van der Waals surface area contributed by atoms with Crippen LogP contribution in [0.15, 0.2) is 54.6 Å². The van der Waals surface area contributed by atoms with Crippen molar-refractivity contribution < 1.29 is 9.66 Å². The summed E-state index contributed by atoms with van der Waals surface area (Å²) in [4.78, 5) is 25.4. The Balaban J connectivity index is 1.45. The molecule has 0 radical (unpaired) electrons. The van der Waals surface area contributed by atoms with Crippen molar-refractivity contribution in [2.24, 2.45) is 0 Å². The van der Waals surface area contributed by atoms with Crippen molar-refractivity contribution in [3.8, 4) is 11.6 Å². The maximum atomic E-state index is 11.4. The van der Waals surface area contributed by atoms with Gasteiger partial charge in [0.1, 0.15) is 5.75 Å². The summed E-state index contributed by atoms with van der Waals surface area (Å²) in [6, 6.07) is 16.6. The number of hydrogen-bond donors (Lipinski definition) is 0. The summed E-state index contributed by atoms with van der Waals surface area (Å²) in [5, 5.41) is 11.4. The molecule has 0 amide bonds. The predicted molar refractivity (Wildman–Crippen MR) is 126 cm³/mol. The van der Waals surface area contributed by atoms with Gasteiger partial charge in [-0.3, -0.25) is 15.0 Å². The number of nitro groups is 1. The van der Waals surface area contributed by atoms with Crippen LogP contribution in [0.2, 0.25) is 0 Å². The lowest BCUT2D eigenvalue weighted by atomic mass is 10.0. The summed E-state index contributed by atoms with van der Waals surface area (Å²) in [6.45, 7) is 3.79. The van der Waals surface area contributed by atoms with Gasteiger partial charge in [0, 0.05) is 50.8 Å². The fraction of sp³-hybridized carbons (Fsp3) is 0.360. The summed E-state index contributed by atoms with van der Waals surface area (Å²) in [6.07, 6.45) is 4.30. The molecule has 0 atom stereocenters. The molecule has 3 aromatic rings. The van der Waals surface area contributed by atoms with E-state index in [1.807, 2.05) is 42.5 Å². The number of aromatic nitrogens is 2. The minimum absolute atomic E-state index is 0.153. The quantitative estimate of drug-likeness (QED) is 0.401. The maximum absolute atomic E-state index is 11.4. The van der Waals surface area contributed by atoms with Gasteiger partial charge in [-0.25, -0.2) is 4.98 Å². The fourth-order valence-electron chi connectivity index (χ4n) is 4.55. The van der Waals surface area contributed by atoms with Crippen molar-refractivity contribution in [2.75, 3.05) is 24.5 Å². The van der Waals surface area contributed by atoms with Crippen LogP contribution in [0.25, 0.3) is 0 Å². The van der Waals surface area contributed by atoms with Gasteiger partial charge in [0.2, 0.25) is 11.8 Å². The molecule has 1 aromatic heterocycles. The molecule has 0 saturated carbocycles. The Hall–Kier alpha value is -3.52. The zero-order valence-electron chi connectivity index (χ0n) is 18.5. The van der Waals surface area contributed by atoms with E-state index in [2.05, 4.69) is 9.80 Å². The van der Waals surface area contributed by atoms with Crippen LogP contribution in [-0.2, 0) is 19.5 Å². The molecule has 2 aliphatic rings. The van der Waals surface area contributed by atoms with Gasteiger partial charge in [-0.15, -0.1) is 0 Å². The average Bonchev–Trinajstić information content (AvgIpc) is 2.85. The van der Waals surface area contributed by atoms with E-state index in [-0.39, 0.29) is 10.6 Å². The molecule has 0 N–H and O–H groups in total. The molecule has 1 saturated heterocycles. The monoisotopic (exact) mass is 445 g/mol. The molecule has 170 valence electrons. The highest BCUT2D eigenvalue weighted by molar-refractivity contribution is 5.44. The Kier molecular flexibility index (Phi) is 6.17. The van der Waals surface area contributed by atoms with E-state index in [9.17, 15) is 10.1 Å². The first kappa shape index (κ1) is 21.3. The van der Waals surface area contributed by atoms with Crippen molar-refractivity contribution in [2.45, 2.75) is 38.8 Å². The standard InChI is InChI=1S/C25H27N5O3/c31-30(32)23-12-6-5-9-19(23)17-28-16-13-22-21(18-28)24(33-20-10-3-1-4-11-20)27-25(26-22)29-14-7-2-8-15-29/h1,3-6,9-12H,2,7-8,13-18H2. The second kappa shape index (κ2) is 9.54. The lowest BCUT2D eigenvalue weighted by molar-refractivity contribution is -0.385. The Morgan fingerprint density at radius 3 is 2.48 bits per heavy atom. The molecule has 2 aromatic carbocycles. The Bertz CT molecular complexity index is 1130. The molecule has 33 heavy (non-hydrogen) atoms. The lowest BCUT2D eigenvalue weighted by Crippen LogP contribution is -2.34. The number of anilines is 1. The topological polar surface area (TPSA) is 84.6 Å². The number of benzene rings is 2. The first-order chi connectivity index (χ1) is 16.2. The van der Waals surface area contributed by atoms with Crippen LogP contribution in [-0.4, -0.2) is 39.4 Å². The first-order valence-corrected chi connectivity index (χ1v) is 11.5. The number of ether oxygens (including phenoxy) is 1. The zero-order chi connectivity index (χ0) is 22.6. The van der Waals surface area contributed by atoms with Crippen LogP contribution in [0.1, 0.15) is 36.1 Å². The maximum Gasteiger partial charge on any atom is 0.273 e. The van der Waals surface area contributed by atoms with Crippen LogP contribution >= 0.6 is 0 Å². The van der Waals surface area contributed by atoms with Gasteiger partial charge in [0.25, 0.3) is 5.69 Å². The van der Waals surface area contributed by atoms with Gasteiger partial charge >= 0.3 is 0 Å². The van der Waals surface area contributed by atoms with Gasteiger partial charge in [0.15, 0.2) is 0 Å². The molecule has 3 heterocycles. The van der Waals surface area contributed by atoms with Crippen molar-refractivity contribution in [3.63, 3.8) is 0 Å². The molecule has 0 spiro atoms. The number of para-hydroxylation sites is 2. The summed E-state index contributed by atoms with van der Waals surface area (Å²) >= 11 is 0. The smallest absolute Gasteiger partial charge is 0.273 e. The second-order valence-corrected chi connectivity index (χ2v) is 8.56. The number of nitro benzene ring substituents is 1. The van der Waals surface area contributed by atoms with Crippen molar-refractivity contribution in [3.05, 3.63) is 81.5 Å². The molecule has 8 heteroatoms. The normalized spacial score (nSPS) is 16.3. The van der Waals surface area contributed by atoms with E-state index < -0.39 is 0 Å². The molecule has 2 aliphatic heterocycles. The summed E-state index contributed by atoms with van der Waals surface area (Å²) in [5.41, 5.74) is 2.84. The van der Waals surface area contributed by atoms with Crippen LogP contribution in [0, 0.1) is 10.1 Å². The first-order valence-electron chi connectivity index (χ1n) is 11.5. The van der Waals surface area contributed by atoms with Crippen molar-refractivity contribution in [1.29, 1.82) is 0 Å². The van der Waals surface area contributed by atoms with Crippen molar-refractivity contribution >= 4 is 11.6 Å². The highest BCUT2D eigenvalue weighted by Gasteiger charge is 2.27. The Labute approximate surface area is 193 Å². The lowest BCUT2D eigenvalue weighted by Gasteiger charge is -2.31. The highest BCUT2D eigenvalue weighted by atomic mass is 16.6. The molecular formula is C25H27N5O3. The molecule has 1 fully saturated rings. The van der Waals surface area contributed by atoms with E-state index >= 15 is 0 Å². The number of nitrogens with zero attached hydrogens (tertiary/aromatic N) is 5. The third-order valence-corrected chi connectivity index (χ3v) is 6.27. The van der Waals surface area contributed by atoms with E-state index in [0.29, 0.717) is 24.5 Å². The Morgan fingerprint density at radius 1 is 0.939 bits per heavy atom. The molecule has 8 nitrogen and oxygen atoms in total. The van der Waals surface area contributed by atoms with Gasteiger partial charge < -0.3 is 9.64 Å². The van der Waals surface area contributed by atoms with Gasteiger partial charge in [0.05, 0.1) is 16.2 Å². The van der Waals surface area contributed by atoms with Crippen LogP contribution in [0.4, 0.5) is 11.6 Å². The average molecular weight is 446 g/mol. The second-order valence-electron chi connectivity index (χ2n) is 8.56. The largest absolute Gasteiger partial charge is 0.439 e. The predicted octanol–water partition coefficient (Wildman–Crippen LogP) is 4.73. The summed E-state index contributed by atoms with van der Waals surface area (Å²) < 4.78 is 6.26.